The summed E-state index contributed by atoms with van der Waals surface area (Å²) in [7, 11) is 4.38. The molecule has 7 aromatic rings. The Bertz CT molecular complexity index is 3240. The van der Waals surface area contributed by atoms with Crippen LogP contribution < -0.4 is 48.2 Å². The van der Waals surface area contributed by atoms with Crippen molar-refractivity contribution in [1.29, 1.82) is 0 Å². The third-order valence-corrected chi connectivity index (χ3v) is 11.9. The van der Waals surface area contributed by atoms with Gasteiger partial charge in [-0.2, -0.15) is 0 Å². The van der Waals surface area contributed by atoms with E-state index < -0.39 is 34.3 Å². The Morgan fingerprint density at radius 3 is 1.64 bits per heavy atom. The Kier molecular flexibility index (Phi) is 11.6. The Labute approximate surface area is 374 Å². The number of carbonyl (C=O) groups excluding carboxylic acids is 3. The Balaban J connectivity index is 0.789. The number of nitrogens with zero attached hydrogens (tertiary/aromatic N) is 13. The molecule has 66 heavy (non-hydrogen) atoms. The Morgan fingerprint density at radius 1 is 0.591 bits per heavy atom. The molecule has 0 saturated carbocycles. The fourth-order valence-electron chi connectivity index (χ4n) is 8.28. The van der Waals surface area contributed by atoms with Gasteiger partial charge in [-0.05, 0) is 42.0 Å². The summed E-state index contributed by atoms with van der Waals surface area (Å²) in [5.74, 6) is -0.336. The van der Waals surface area contributed by atoms with Crippen LogP contribution in [0.15, 0.2) is 92.8 Å². The molecule has 0 atom stereocenters. The van der Waals surface area contributed by atoms with Gasteiger partial charge in [0.25, 0.3) is 17.0 Å². The van der Waals surface area contributed by atoms with Gasteiger partial charge in [0, 0.05) is 79.1 Å². The van der Waals surface area contributed by atoms with Gasteiger partial charge in [-0.3, -0.25) is 42.2 Å². The highest BCUT2D eigenvalue weighted by atomic mass is 16.2. The van der Waals surface area contributed by atoms with Gasteiger partial charge in [0.15, 0.2) is 22.3 Å². The van der Waals surface area contributed by atoms with Crippen molar-refractivity contribution >= 4 is 63.1 Å². The minimum Gasteiger partial charge on any atom is -0.368 e. The number of hydrogen-bond acceptors (Lipinski definition) is 14. The number of aryl methyl sites for hydroxylation is 2. The summed E-state index contributed by atoms with van der Waals surface area (Å²) in [4.78, 5) is 115. The van der Waals surface area contributed by atoms with E-state index in [4.69, 9.17) is 0 Å². The number of aromatic nitrogens is 10. The summed E-state index contributed by atoms with van der Waals surface area (Å²) in [6, 6.07) is 13.9. The molecular formula is C43H46N16O7. The molecule has 9 rings (SSSR count). The molecule has 2 fully saturated rings. The van der Waals surface area contributed by atoms with E-state index in [0.29, 0.717) is 48.9 Å². The molecule has 2 aliphatic rings. The zero-order chi connectivity index (χ0) is 46.2. The zero-order valence-corrected chi connectivity index (χ0v) is 36.4. The lowest BCUT2D eigenvalue weighted by atomic mass is 10.1. The van der Waals surface area contributed by atoms with Crippen LogP contribution in [-0.4, -0.2) is 122 Å². The third-order valence-electron chi connectivity index (χ3n) is 11.9. The molecule has 340 valence electrons. The van der Waals surface area contributed by atoms with Crippen molar-refractivity contribution in [2.24, 2.45) is 21.1 Å². The number of rotatable bonds is 11. The SMILES string of the molecule is Cn1c(=O)c2c(ncn2CC(=O)Nc2ccc(N3CCN(C(=O)c4ccc(Cn5c(=O)c6c(ncn6CC(=O)Nc6ccc(N7CCNCC7)cn6)n(C)c5=O)cc4)CC3)cn2)n(C)c1=O. The van der Waals surface area contributed by atoms with Crippen molar-refractivity contribution in [2.75, 3.05) is 72.8 Å². The van der Waals surface area contributed by atoms with E-state index in [0.717, 1.165) is 46.7 Å². The molecule has 2 saturated heterocycles. The first kappa shape index (κ1) is 43.1. The standard InChI is InChI=1S/C43H46N16O7/c1-51-37-35(40(63)53(3)42(51)65)57(25-47-37)23-33(60)49-32-11-9-30(21-46-32)55-16-18-56(19-17-55)39(62)28-6-4-27(5-7-28)22-59-41(64)36-38(52(2)43(59)66)48-26-58(36)24-34(61)50-31-10-8-29(20-45-31)54-14-12-44-13-15-54/h4-11,20-21,25-26,44H,12-19,22-24H2,1-3H3,(H,45,50,61)(H,46,49,60). The number of hydrogen-bond donors (Lipinski definition) is 3. The highest BCUT2D eigenvalue weighted by molar-refractivity contribution is 5.94. The van der Waals surface area contributed by atoms with Gasteiger partial charge in [0.05, 0.1) is 43.0 Å². The van der Waals surface area contributed by atoms with E-state index in [1.54, 1.807) is 53.7 Å². The fraction of sp³-hybridized carbons (Fsp3) is 0.326. The minimum absolute atomic E-state index is 0.0714. The lowest BCUT2D eigenvalue weighted by Gasteiger charge is -2.36. The van der Waals surface area contributed by atoms with E-state index in [1.165, 1.54) is 52.1 Å². The summed E-state index contributed by atoms with van der Waals surface area (Å²) >= 11 is 0. The lowest BCUT2D eigenvalue weighted by molar-refractivity contribution is -0.117. The maximum atomic E-state index is 13.8. The predicted octanol–water partition coefficient (Wildman–Crippen LogP) is -0.868. The molecule has 3 N–H and O–H groups in total. The molecule has 6 aromatic heterocycles. The first-order chi connectivity index (χ1) is 31.8. The number of fused-ring (bicyclic) bond motifs is 2. The van der Waals surface area contributed by atoms with Crippen LogP contribution in [0.3, 0.4) is 0 Å². The molecule has 2 aliphatic heterocycles. The maximum absolute atomic E-state index is 13.8. The minimum atomic E-state index is -0.603. The highest BCUT2D eigenvalue weighted by Crippen LogP contribution is 2.20. The van der Waals surface area contributed by atoms with Gasteiger partial charge < -0.3 is 39.8 Å². The van der Waals surface area contributed by atoms with Crippen LogP contribution in [0.4, 0.5) is 23.0 Å². The van der Waals surface area contributed by atoms with Crippen molar-refractivity contribution in [2.45, 2.75) is 19.6 Å². The van der Waals surface area contributed by atoms with Crippen molar-refractivity contribution < 1.29 is 14.4 Å². The van der Waals surface area contributed by atoms with E-state index in [1.807, 2.05) is 12.1 Å². The molecule has 0 aliphatic carbocycles. The van der Waals surface area contributed by atoms with Crippen LogP contribution in [0.5, 0.6) is 0 Å². The number of piperazine rings is 2. The normalized spacial score (nSPS) is 14.3. The van der Waals surface area contributed by atoms with Crippen LogP contribution in [0.2, 0.25) is 0 Å². The molecule has 0 bridgehead atoms. The van der Waals surface area contributed by atoms with Crippen LogP contribution in [0.1, 0.15) is 15.9 Å². The number of carbonyl (C=O) groups is 3. The van der Waals surface area contributed by atoms with Gasteiger partial charge in [0.2, 0.25) is 11.8 Å². The Morgan fingerprint density at radius 2 is 1.11 bits per heavy atom. The molecule has 0 radical (unpaired) electrons. The van der Waals surface area contributed by atoms with Crippen molar-refractivity contribution in [1.82, 2.24) is 57.6 Å². The Hall–Kier alpha value is -8.21. The zero-order valence-electron chi connectivity index (χ0n) is 36.4. The quantitative estimate of drug-likeness (QED) is 0.143. The first-order valence-electron chi connectivity index (χ1n) is 21.2. The number of imidazole rings is 2. The third kappa shape index (κ3) is 8.33. The van der Waals surface area contributed by atoms with Crippen LogP contribution in [0, 0.1) is 0 Å². The summed E-state index contributed by atoms with van der Waals surface area (Å²) in [6.07, 6.45) is 6.06. The monoisotopic (exact) mass is 898 g/mol. The summed E-state index contributed by atoms with van der Waals surface area (Å²) in [6.45, 7) is 4.95. The smallest absolute Gasteiger partial charge is 0.332 e. The summed E-state index contributed by atoms with van der Waals surface area (Å²) < 4.78 is 7.37. The number of benzene rings is 1. The van der Waals surface area contributed by atoms with E-state index >= 15 is 0 Å². The molecule has 8 heterocycles. The number of amides is 3. The van der Waals surface area contributed by atoms with E-state index in [9.17, 15) is 33.6 Å². The summed E-state index contributed by atoms with van der Waals surface area (Å²) in [5, 5.41) is 8.82. The van der Waals surface area contributed by atoms with Gasteiger partial charge in [-0.15, -0.1) is 0 Å². The fourth-order valence-corrected chi connectivity index (χ4v) is 8.28. The van der Waals surface area contributed by atoms with Crippen LogP contribution in [0.25, 0.3) is 22.3 Å². The average molecular weight is 899 g/mol. The van der Waals surface area contributed by atoms with Gasteiger partial charge in [-0.25, -0.2) is 29.5 Å². The second-order valence-corrected chi connectivity index (χ2v) is 16.1. The average Bonchev–Trinajstić information content (AvgIpc) is 3.96. The molecule has 23 heteroatoms. The lowest BCUT2D eigenvalue weighted by Crippen LogP contribution is -2.48. The molecule has 3 amide bonds. The molecule has 0 spiro atoms. The second kappa shape index (κ2) is 17.8. The predicted molar refractivity (Wildman–Crippen MR) is 244 cm³/mol. The van der Waals surface area contributed by atoms with Gasteiger partial charge in [0.1, 0.15) is 24.7 Å². The van der Waals surface area contributed by atoms with Crippen molar-refractivity contribution in [3.8, 4) is 0 Å². The number of nitrogens with one attached hydrogen (secondary N) is 3. The number of anilines is 4. The number of pyridine rings is 2. The largest absolute Gasteiger partial charge is 0.368 e. The molecule has 0 unspecified atom stereocenters. The van der Waals surface area contributed by atoms with Gasteiger partial charge in [-0.1, -0.05) is 12.1 Å². The first-order valence-corrected chi connectivity index (χ1v) is 21.2. The topological polar surface area (TPSA) is 246 Å². The maximum Gasteiger partial charge on any atom is 0.332 e. The molecule has 1 aromatic carbocycles. The van der Waals surface area contributed by atoms with Crippen LogP contribution in [-0.2, 0) is 50.4 Å². The van der Waals surface area contributed by atoms with E-state index in [-0.39, 0.29) is 47.9 Å². The van der Waals surface area contributed by atoms with Crippen molar-refractivity contribution in [3.63, 3.8) is 0 Å². The molecular weight excluding hydrogens is 853 g/mol. The van der Waals surface area contributed by atoms with Gasteiger partial charge >= 0.3 is 11.4 Å². The molecule has 23 nitrogen and oxygen atoms in total. The van der Waals surface area contributed by atoms with Crippen molar-refractivity contribution in [3.05, 3.63) is 126 Å². The second-order valence-electron chi connectivity index (χ2n) is 16.1. The van der Waals surface area contributed by atoms with Crippen LogP contribution >= 0.6 is 0 Å². The van der Waals surface area contributed by atoms with E-state index in [2.05, 4.69) is 45.7 Å². The summed E-state index contributed by atoms with van der Waals surface area (Å²) in [5.41, 5.74) is 1.16. The highest BCUT2D eigenvalue weighted by Gasteiger charge is 2.24.